The molecule has 0 aromatic carbocycles. The monoisotopic (exact) mass is 219 g/mol. The molecule has 0 spiro atoms. The van der Waals surface area contributed by atoms with Crippen LogP contribution in [-0.4, -0.2) is 25.8 Å². The molecule has 2 heterocycles. The second-order valence-corrected chi connectivity index (χ2v) is 4.42. The fraction of sp³-hybridized carbons (Fsp3) is 1.00. The molecule has 0 saturated carbocycles. The van der Waals surface area contributed by atoms with Crippen LogP contribution in [0, 0.1) is 5.92 Å². The topological polar surface area (TPSA) is 21.3 Å². The molecule has 0 aromatic rings. The third-order valence-corrected chi connectivity index (χ3v) is 3.32. The molecule has 2 aliphatic heterocycles. The Morgan fingerprint density at radius 3 is 2.71 bits per heavy atom. The van der Waals surface area contributed by atoms with E-state index in [1.54, 1.807) is 0 Å². The Kier molecular flexibility index (Phi) is 5.83. The molecule has 2 fully saturated rings. The molecule has 0 amide bonds. The molecular formula is C11H22ClNO. The fourth-order valence-corrected chi connectivity index (χ4v) is 2.46. The lowest BCUT2D eigenvalue weighted by atomic mass is 9.93. The summed E-state index contributed by atoms with van der Waals surface area (Å²) in [6, 6.07) is 0. The standard InChI is InChI=1S/C11H21NO.ClH/c1-3-10(9-12-7-1)5-6-11-4-2-8-13-11;/h10-12H,1-9H2;1H. The highest BCUT2D eigenvalue weighted by Gasteiger charge is 2.18. The molecule has 1 N–H and O–H groups in total. The molecule has 2 nitrogen and oxygen atoms in total. The molecule has 3 heteroatoms. The molecular weight excluding hydrogens is 198 g/mol. The van der Waals surface area contributed by atoms with Crippen LogP contribution in [0.2, 0.25) is 0 Å². The van der Waals surface area contributed by atoms with Gasteiger partial charge >= 0.3 is 0 Å². The Bertz CT molecular complexity index is 142. The maximum atomic E-state index is 5.62. The predicted octanol–water partition coefficient (Wildman–Crippen LogP) is 2.37. The van der Waals surface area contributed by atoms with E-state index in [2.05, 4.69) is 5.32 Å². The molecule has 2 unspecified atom stereocenters. The Labute approximate surface area is 93.2 Å². The number of hydrogen-bond donors (Lipinski definition) is 1. The van der Waals surface area contributed by atoms with Gasteiger partial charge in [0, 0.05) is 6.61 Å². The van der Waals surface area contributed by atoms with Gasteiger partial charge in [-0.2, -0.15) is 0 Å². The van der Waals surface area contributed by atoms with Gasteiger partial charge in [0.05, 0.1) is 6.10 Å². The number of halogens is 1. The minimum Gasteiger partial charge on any atom is -0.378 e. The largest absolute Gasteiger partial charge is 0.378 e. The average molecular weight is 220 g/mol. The molecule has 2 saturated heterocycles. The van der Waals surface area contributed by atoms with Crippen LogP contribution < -0.4 is 5.32 Å². The van der Waals surface area contributed by atoms with Crippen molar-refractivity contribution in [3.63, 3.8) is 0 Å². The van der Waals surface area contributed by atoms with Crippen molar-refractivity contribution in [2.45, 2.75) is 44.6 Å². The van der Waals surface area contributed by atoms with Crippen LogP contribution in [0.15, 0.2) is 0 Å². The molecule has 2 aliphatic rings. The maximum absolute atomic E-state index is 5.62. The summed E-state index contributed by atoms with van der Waals surface area (Å²) in [6.45, 7) is 3.48. The van der Waals surface area contributed by atoms with E-state index in [9.17, 15) is 0 Å². The molecule has 2 atom stereocenters. The third-order valence-electron chi connectivity index (χ3n) is 3.32. The summed E-state index contributed by atoms with van der Waals surface area (Å²) in [4.78, 5) is 0. The van der Waals surface area contributed by atoms with Crippen molar-refractivity contribution in [1.82, 2.24) is 5.32 Å². The van der Waals surface area contributed by atoms with Crippen LogP contribution >= 0.6 is 12.4 Å². The fourth-order valence-electron chi connectivity index (χ4n) is 2.46. The molecule has 2 rings (SSSR count). The Balaban J connectivity index is 0.000000980. The summed E-state index contributed by atoms with van der Waals surface area (Å²) in [5, 5.41) is 3.47. The van der Waals surface area contributed by atoms with Gasteiger partial charge in [-0.05, 0) is 57.5 Å². The van der Waals surface area contributed by atoms with Gasteiger partial charge in [-0.1, -0.05) is 0 Å². The van der Waals surface area contributed by atoms with Gasteiger partial charge < -0.3 is 10.1 Å². The lowest BCUT2D eigenvalue weighted by Gasteiger charge is -2.23. The van der Waals surface area contributed by atoms with Crippen LogP contribution in [0.5, 0.6) is 0 Å². The van der Waals surface area contributed by atoms with E-state index < -0.39 is 0 Å². The van der Waals surface area contributed by atoms with Crippen molar-refractivity contribution < 1.29 is 4.74 Å². The Morgan fingerprint density at radius 2 is 2.07 bits per heavy atom. The van der Waals surface area contributed by atoms with Crippen LogP contribution in [0.25, 0.3) is 0 Å². The first-order chi connectivity index (χ1) is 6.45. The van der Waals surface area contributed by atoms with E-state index >= 15 is 0 Å². The SMILES string of the molecule is C1CNCC(CCC2CCCO2)C1.Cl. The molecule has 0 bridgehead atoms. The van der Waals surface area contributed by atoms with E-state index in [1.807, 2.05) is 0 Å². The van der Waals surface area contributed by atoms with E-state index in [1.165, 1.54) is 51.6 Å². The highest BCUT2D eigenvalue weighted by Crippen LogP contribution is 2.22. The summed E-state index contributed by atoms with van der Waals surface area (Å²) >= 11 is 0. The van der Waals surface area contributed by atoms with Gasteiger partial charge in [0.25, 0.3) is 0 Å². The van der Waals surface area contributed by atoms with Gasteiger partial charge in [-0.15, -0.1) is 12.4 Å². The number of nitrogens with one attached hydrogen (secondary N) is 1. The van der Waals surface area contributed by atoms with Gasteiger partial charge in [-0.3, -0.25) is 0 Å². The number of rotatable bonds is 3. The van der Waals surface area contributed by atoms with Crippen molar-refractivity contribution in [3.05, 3.63) is 0 Å². The van der Waals surface area contributed by atoms with Crippen molar-refractivity contribution in [2.24, 2.45) is 5.92 Å². The minimum absolute atomic E-state index is 0. The number of ether oxygens (including phenoxy) is 1. The lowest BCUT2D eigenvalue weighted by molar-refractivity contribution is 0.0966. The van der Waals surface area contributed by atoms with Crippen molar-refractivity contribution in [1.29, 1.82) is 0 Å². The first-order valence-electron chi connectivity index (χ1n) is 5.77. The van der Waals surface area contributed by atoms with E-state index in [4.69, 9.17) is 4.74 Å². The zero-order chi connectivity index (χ0) is 8.93. The van der Waals surface area contributed by atoms with Gasteiger partial charge in [0.15, 0.2) is 0 Å². The maximum Gasteiger partial charge on any atom is 0.0576 e. The van der Waals surface area contributed by atoms with Gasteiger partial charge in [0.1, 0.15) is 0 Å². The average Bonchev–Trinajstić information content (AvgIpc) is 2.69. The van der Waals surface area contributed by atoms with Crippen LogP contribution in [0.4, 0.5) is 0 Å². The summed E-state index contributed by atoms with van der Waals surface area (Å²) in [5.74, 6) is 0.929. The van der Waals surface area contributed by atoms with E-state index in [0.29, 0.717) is 6.10 Å². The molecule has 0 aliphatic carbocycles. The minimum atomic E-state index is 0. The van der Waals surface area contributed by atoms with E-state index in [0.717, 1.165) is 12.5 Å². The first kappa shape index (κ1) is 12.3. The van der Waals surface area contributed by atoms with Crippen LogP contribution in [-0.2, 0) is 4.74 Å². The van der Waals surface area contributed by atoms with Crippen molar-refractivity contribution >= 4 is 12.4 Å². The molecule has 14 heavy (non-hydrogen) atoms. The Morgan fingerprint density at radius 1 is 1.14 bits per heavy atom. The summed E-state index contributed by atoms with van der Waals surface area (Å²) in [6.07, 6.45) is 8.66. The lowest BCUT2D eigenvalue weighted by Crippen LogP contribution is -2.30. The molecule has 0 radical (unpaired) electrons. The van der Waals surface area contributed by atoms with E-state index in [-0.39, 0.29) is 12.4 Å². The highest BCUT2D eigenvalue weighted by atomic mass is 35.5. The third kappa shape index (κ3) is 3.76. The van der Waals surface area contributed by atoms with Gasteiger partial charge in [0.2, 0.25) is 0 Å². The first-order valence-corrected chi connectivity index (χ1v) is 5.77. The predicted molar refractivity (Wildman–Crippen MR) is 61.0 cm³/mol. The number of hydrogen-bond acceptors (Lipinski definition) is 2. The highest BCUT2D eigenvalue weighted by molar-refractivity contribution is 5.85. The van der Waals surface area contributed by atoms with Crippen LogP contribution in [0.3, 0.4) is 0 Å². The molecule has 0 aromatic heterocycles. The summed E-state index contributed by atoms with van der Waals surface area (Å²) < 4.78 is 5.62. The Hall–Kier alpha value is 0.210. The number of piperidine rings is 1. The molecule has 84 valence electrons. The smallest absolute Gasteiger partial charge is 0.0576 e. The van der Waals surface area contributed by atoms with Crippen LogP contribution in [0.1, 0.15) is 38.5 Å². The quantitative estimate of drug-likeness (QED) is 0.787. The van der Waals surface area contributed by atoms with Crippen molar-refractivity contribution in [3.8, 4) is 0 Å². The zero-order valence-corrected chi connectivity index (χ0v) is 9.65. The summed E-state index contributed by atoms with van der Waals surface area (Å²) in [5.41, 5.74) is 0. The second-order valence-electron chi connectivity index (χ2n) is 4.42. The normalized spacial score (nSPS) is 32.6. The second kappa shape index (κ2) is 6.65. The zero-order valence-electron chi connectivity index (χ0n) is 8.84. The summed E-state index contributed by atoms with van der Waals surface area (Å²) in [7, 11) is 0. The van der Waals surface area contributed by atoms with Gasteiger partial charge in [-0.25, -0.2) is 0 Å². The van der Waals surface area contributed by atoms with Crippen molar-refractivity contribution in [2.75, 3.05) is 19.7 Å².